The number of nitrogens with zero attached hydrogens (tertiary/aromatic N) is 1. The second kappa shape index (κ2) is 12.4. The van der Waals surface area contributed by atoms with E-state index >= 15 is 0 Å². The van der Waals surface area contributed by atoms with Crippen LogP contribution in [0.15, 0.2) is 24.5 Å². The van der Waals surface area contributed by atoms with E-state index in [2.05, 4.69) is 22.8 Å². The monoisotopic (exact) mass is 383 g/mol. The van der Waals surface area contributed by atoms with E-state index in [1.54, 1.807) is 0 Å². The fourth-order valence-corrected chi connectivity index (χ4v) is 3.73. The molecule has 146 valence electrons. The van der Waals surface area contributed by atoms with Crippen molar-refractivity contribution >= 4 is 21.7 Å². The smallest absolute Gasteiger partial charge is 0.269 e. The minimum atomic E-state index is -3.47. The van der Waals surface area contributed by atoms with Gasteiger partial charge in [0.25, 0.3) is 11.8 Å². The molecule has 0 saturated heterocycles. The number of carbonyl (C=O) groups excluding carboxylic acids is 2. The van der Waals surface area contributed by atoms with Crippen molar-refractivity contribution in [3.63, 3.8) is 0 Å². The average molecular weight is 384 g/mol. The molecule has 0 unspecified atom stereocenters. The van der Waals surface area contributed by atoms with Crippen LogP contribution in [0.25, 0.3) is 0 Å². The van der Waals surface area contributed by atoms with Crippen LogP contribution in [-0.4, -0.2) is 36.7 Å². The summed E-state index contributed by atoms with van der Waals surface area (Å²) >= 11 is 0. The molecule has 1 aromatic rings. The number of rotatable bonds is 12. The van der Waals surface area contributed by atoms with Crippen molar-refractivity contribution in [1.29, 1.82) is 0 Å². The highest BCUT2D eigenvalue weighted by Gasteiger charge is 2.17. The van der Waals surface area contributed by atoms with Crippen molar-refractivity contribution < 1.29 is 18.0 Å². The predicted octanol–water partition coefficient (Wildman–Crippen LogP) is 2.40. The number of nitrogens with one attached hydrogen (secondary N) is 2. The third-order valence-electron chi connectivity index (χ3n) is 3.92. The van der Waals surface area contributed by atoms with E-state index in [0.717, 1.165) is 19.3 Å². The standard InChI is InChI=1S/C18H29N3O4S/c1-2-3-4-5-6-7-8-9-14-26(24,25)15-17(22)20-21-18(23)16-10-12-19-13-11-16/h10-13H,2-9,14-15H2,1H3,(H,20,22)(H,21,23). The van der Waals surface area contributed by atoms with Crippen LogP contribution in [0.1, 0.15) is 68.6 Å². The third-order valence-corrected chi connectivity index (χ3v) is 5.53. The maximum atomic E-state index is 11.9. The van der Waals surface area contributed by atoms with Crippen LogP contribution in [0, 0.1) is 0 Å². The summed E-state index contributed by atoms with van der Waals surface area (Å²) in [7, 11) is -3.47. The topological polar surface area (TPSA) is 105 Å². The fraction of sp³-hybridized carbons (Fsp3) is 0.611. The maximum absolute atomic E-state index is 11.9. The zero-order valence-electron chi connectivity index (χ0n) is 15.4. The Morgan fingerprint density at radius 3 is 2.12 bits per heavy atom. The number of hydrogen-bond acceptors (Lipinski definition) is 5. The second-order valence-corrected chi connectivity index (χ2v) is 8.49. The molecular formula is C18H29N3O4S. The molecule has 0 bridgehead atoms. The molecule has 1 aromatic heterocycles. The summed E-state index contributed by atoms with van der Waals surface area (Å²) in [6, 6.07) is 2.97. The summed E-state index contributed by atoms with van der Waals surface area (Å²) in [5, 5.41) is 0. The van der Waals surface area contributed by atoms with E-state index in [9.17, 15) is 18.0 Å². The molecule has 8 heteroatoms. The summed E-state index contributed by atoms with van der Waals surface area (Å²) in [5.41, 5.74) is 4.64. The Morgan fingerprint density at radius 2 is 1.50 bits per heavy atom. The minimum Gasteiger partial charge on any atom is -0.272 e. The minimum absolute atomic E-state index is 0.00627. The molecule has 1 heterocycles. The van der Waals surface area contributed by atoms with Crippen molar-refractivity contribution in [2.75, 3.05) is 11.5 Å². The van der Waals surface area contributed by atoms with E-state index < -0.39 is 27.4 Å². The lowest BCUT2D eigenvalue weighted by atomic mass is 10.1. The van der Waals surface area contributed by atoms with Crippen molar-refractivity contribution in [2.24, 2.45) is 0 Å². The molecule has 0 saturated carbocycles. The number of amides is 2. The van der Waals surface area contributed by atoms with Gasteiger partial charge in [0.1, 0.15) is 5.75 Å². The summed E-state index contributed by atoms with van der Waals surface area (Å²) in [6.07, 6.45) is 11.4. The summed E-state index contributed by atoms with van der Waals surface area (Å²) in [6.45, 7) is 2.17. The Balaban J connectivity index is 2.18. The van der Waals surface area contributed by atoms with Gasteiger partial charge in [-0.15, -0.1) is 0 Å². The zero-order chi connectivity index (χ0) is 19.3. The largest absolute Gasteiger partial charge is 0.272 e. The van der Waals surface area contributed by atoms with E-state index in [-0.39, 0.29) is 5.75 Å². The number of aromatic nitrogens is 1. The number of hydrogen-bond donors (Lipinski definition) is 2. The molecule has 2 amide bonds. The van der Waals surface area contributed by atoms with Gasteiger partial charge < -0.3 is 0 Å². The molecule has 26 heavy (non-hydrogen) atoms. The van der Waals surface area contributed by atoms with Gasteiger partial charge in [-0.2, -0.15) is 0 Å². The highest BCUT2D eigenvalue weighted by atomic mass is 32.2. The zero-order valence-corrected chi connectivity index (χ0v) is 16.2. The Labute approximate surface area is 155 Å². The number of carbonyl (C=O) groups is 2. The Morgan fingerprint density at radius 1 is 0.923 bits per heavy atom. The first-order valence-corrected chi connectivity index (χ1v) is 11.0. The number of pyridine rings is 1. The highest BCUT2D eigenvalue weighted by molar-refractivity contribution is 7.92. The first kappa shape index (κ1) is 22.1. The van der Waals surface area contributed by atoms with Crippen LogP contribution in [0.4, 0.5) is 0 Å². The molecule has 0 aliphatic rings. The Kier molecular flexibility index (Phi) is 10.5. The van der Waals surface area contributed by atoms with Gasteiger partial charge in [0.05, 0.1) is 5.75 Å². The van der Waals surface area contributed by atoms with E-state index in [1.165, 1.54) is 50.2 Å². The molecule has 0 aliphatic heterocycles. The van der Waals surface area contributed by atoms with Crippen molar-refractivity contribution in [1.82, 2.24) is 15.8 Å². The van der Waals surface area contributed by atoms with E-state index in [0.29, 0.717) is 12.0 Å². The Bertz CT molecular complexity index is 648. The number of hydrazine groups is 1. The van der Waals surface area contributed by atoms with Gasteiger partial charge >= 0.3 is 0 Å². The molecule has 0 spiro atoms. The van der Waals surface area contributed by atoms with Crippen LogP contribution in [0.2, 0.25) is 0 Å². The molecule has 0 aliphatic carbocycles. The van der Waals surface area contributed by atoms with E-state index in [4.69, 9.17) is 0 Å². The van der Waals surface area contributed by atoms with Gasteiger partial charge in [-0.3, -0.25) is 25.4 Å². The average Bonchev–Trinajstić information content (AvgIpc) is 2.62. The summed E-state index contributed by atoms with van der Waals surface area (Å²) in [5.74, 6) is -1.90. The van der Waals surface area contributed by atoms with E-state index in [1.807, 2.05) is 0 Å². The van der Waals surface area contributed by atoms with Gasteiger partial charge in [0.15, 0.2) is 9.84 Å². The summed E-state index contributed by atoms with van der Waals surface area (Å²) in [4.78, 5) is 27.2. The van der Waals surface area contributed by atoms with Crippen molar-refractivity contribution in [2.45, 2.75) is 58.3 Å². The molecule has 1 rings (SSSR count). The third kappa shape index (κ3) is 10.1. The molecule has 0 fully saturated rings. The first-order chi connectivity index (χ1) is 12.4. The predicted molar refractivity (Wildman–Crippen MR) is 101 cm³/mol. The molecule has 0 aromatic carbocycles. The lowest BCUT2D eigenvalue weighted by Crippen LogP contribution is -2.44. The molecule has 0 atom stereocenters. The SMILES string of the molecule is CCCCCCCCCCS(=O)(=O)CC(=O)NNC(=O)c1ccncc1. The first-order valence-electron chi connectivity index (χ1n) is 9.14. The van der Waals surface area contributed by atoms with Gasteiger partial charge in [0, 0.05) is 18.0 Å². The Hall–Kier alpha value is -1.96. The van der Waals surface area contributed by atoms with Gasteiger partial charge in [-0.25, -0.2) is 8.42 Å². The highest BCUT2D eigenvalue weighted by Crippen LogP contribution is 2.09. The van der Waals surface area contributed by atoms with Gasteiger partial charge in [0.2, 0.25) is 0 Å². The molecule has 7 nitrogen and oxygen atoms in total. The quantitative estimate of drug-likeness (QED) is 0.426. The van der Waals surface area contributed by atoms with Crippen molar-refractivity contribution in [3.05, 3.63) is 30.1 Å². The number of unbranched alkanes of at least 4 members (excludes halogenated alkanes) is 7. The summed E-state index contributed by atoms with van der Waals surface area (Å²) < 4.78 is 23.9. The van der Waals surface area contributed by atoms with Crippen LogP contribution in [0.3, 0.4) is 0 Å². The molecule has 2 N–H and O–H groups in total. The lowest BCUT2D eigenvalue weighted by Gasteiger charge is -2.08. The molecular weight excluding hydrogens is 354 g/mol. The lowest BCUT2D eigenvalue weighted by molar-refractivity contribution is -0.119. The van der Waals surface area contributed by atoms with Gasteiger partial charge in [-0.05, 0) is 18.6 Å². The van der Waals surface area contributed by atoms with Crippen LogP contribution >= 0.6 is 0 Å². The second-order valence-electron chi connectivity index (χ2n) is 6.31. The van der Waals surface area contributed by atoms with Crippen LogP contribution in [0.5, 0.6) is 0 Å². The van der Waals surface area contributed by atoms with Crippen LogP contribution in [-0.2, 0) is 14.6 Å². The maximum Gasteiger partial charge on any atom is 0.269 e. The van der Waals surface area contributed by atoms with Crippen LogP contribution < -0.4 is 10.9 Å². The normalized spacial score (nSPS) is 11.1. The fourth-order valence-electron chi connectivity index (χ4n) is 2.47. The van der Waals surface area contributed by atoms with Gasteiger partial charge in [-0.1, -0.05) is 51.9 Å². The number of sulfone groups is 1. The molecule has 0 radical (unpaired) electrons. The van der Waals surface area contributed by atoms with Crippen molar-refractivity contribution in [3.8, 4) is 0 Å².